The van der Waals surface area contributed by atoms with Gasteiger partial charge in [-0.15, -0.1) is 0 Å². The van der Waals surface area contributed by atoms with Crippen molar-refractivity contribution in [1.82, 2.24) is 4.98 Å². The number of rotatable bonds is 5. The highest BCUT2D eigenvalue weighted by molar-refractivity contribution is 6.03. The fourth-order valence-electron chi connectivity index (χ4n) is 2.72. The van der Waals surface area contributed by atoms with Gasteiger partial charge in [0.25, 0.3) is 5.91 Å². The zero-order chi connectivity index (χ0) is 20.1. The lowest BCUT2D eigenvalue weighted by molar-refractivity contribution is -0.136. The van der Waals surface area contributed by atoms with E-state index in [0.29, 0.717) is 6.54 Å². The minimum Gasteiger partial charge on any atom is -0.369 e. The molecule has 0 bridgehead atoms. The van der Waals surface area contributed by atoms with Crippen LogP contribution in [0.25, 0.3) is 0 Å². The molecule has 0 aliphatic carbocycles. The third-order valence-electron chi connectivity index (χ3n) is 4.16. The molecule has 0 aliphatic rings. The van der Waals surface area contributed by atoms with E-state index in [4.69, 9.17) is 0 Å². The average Bonchev–Trinajstić information content (AvgIpc) is 2.68. The predicted octanol–water partition coefficient (Wildman–Crippen LogP) is 4.99. The van der Waals surface area contributed by atoms with Crippen LogP contribution < -0.4 is 10.2 Å². The summed E-state index contributed by atoms with van der Waals surface area (Å²) in [6.07, 6.45) is -3.03. The number of para-hydroxylation sites is 1. The Kier molecular flexibility index (Phi) is 5.63. The summed E-state index contributed by atoms with van der Waals surface area (Å²) in [6.45, 7) is 0.660. The van der Waals surface area contributed by atoms with Crippen LogP contribution in [0.1, 0.15) is 21.6 Å². The van der Waals surface area contributed by atoms with Crippen molar-refractivity contribution in [2.75, 3.05) is 17.3 Å². The van der Waals surface area contributed by atoms with Gasteiger partial charge in [0.05, 0.1) is 23.1 Å². The van der Waals surface area contributed by atoms with Crippen LogP contribution in [0.4, 0.5) is 24.5 Å². The van der Waals surface area contributed by atoms with E-state index in [0.717, 1.165) is 17.3 Å². The van der Waals surface area contributed by atoms with Crippen LogP contribution in [0.5, 0.6) is 0 Å². The van der Waals surface area contributed by atoms with Crippen LogP contribution >= 0.6 is 0 Å². The van der Waals surface area contributed by atoms with Gasteiger partial charge in [-0.3, -0.25) is 4.79 Å². The molecule has 0 spiro atoms. The Morgan fingerprint density at radius 1 is 1.00 bits per heavy atom. The van der Waals surface area contributed by atoms with Gasteiger partial charge < -0.3 is 10.2 Å². The van der Waals surface area contributed by atoms with Gasteiger partial charge in [-0.05, 0) is 29.8 Å². The fraction of sp³-hybridized carbons (Fsp3) is 0.143. The monoisotopic (exact) mass is 385 g/mol. The number of halogens is 3. The second-order valence-corrected chi connectivity index (χ2v) is 6.24. The highest BCUT2D eigenvalue weighted by Gasteiger charge is 2.33. The summed E-state index contributed by atoms with van der Waals surface area (Å²) in [5, 5.41) is 2.29. The summed E-state index contributed by atoms with van der Waals surface area (Å²) < 4.78 is 39.1. The van der Waals surface area contributed by atoms with Gasteiger partial charge in [0.2, 0.25) is 0 Å². The maximum Gasteiger partial charge on any atom is 0.418 e. The van der Waals surface area contributed by atoms with Crippen LogP contribution in [0.15, 0.2) is 72.9 Å². The Morgan fingerprint density at radius 2 is 1.68 bits per heavy atom. The van der Waals surface area contributed by atoms with Crippen molar-refractivity contribution in [2.45, 2.75) is 12.7 Å². The summed E-state index contributed by atoms with van der Waals surface area (Å²) in [5.74, 6) is -0.700. The van der Waals surface area contributed by atoms with E-state index in [9.17, 15) is 18.0 Å². The molecule has 0 atom stereocenters. The van der Waals surface area contributed by atoms with E-state index < -0.39 is 17.6 Å². The van der Waals surface area contributed by atoms with E-state index in [-0.39, 0.29) is 11.4 Å². The smallest absolute Gasteiger partial charge is 0.369 e. The first-order chi connectivity index (χ1) is 13.3. The number of hydrogen-bond acceptors (Lipinski definition) is 3. The van der Waals surface area contributed by atoms with E-state index in [2.05, 4.69) is 10.3 Å². The maximum atomic E-state index is 13.0. The largest absolute Gasteiger partial charge is 0.418 e. The van der Waals surface area contributed by atoms with Gasteiger partial charge in [0.15, 0.2) is 0 Å². The molecule has 0 radical (unpaired) electrons. The molecule has 3 aromatic rings. The first kappa shape index (κ1) is 19.4. The fourth-order valence-corrected chi connectivity index (χ4v) is 2.72. The summed E-state index contributed by atoms with van der Waals surface area (Å²) in [7, 11) is 1.89. The SMILES string of the molecule is CN(Cc1ccccc1)c1ccc(C(=O)Nc2ccccc2C(F)(F)F)nc1. The molecule has 3 rings (SSSR count). The number of aromatic nitrogens is 1. The molecule has 0 saturated heterocycles. The Bertz CT molecular complexity index is 941. The molecule has 0 saturated carbocycles. The quantitative estimate of drug-likeness (QED) is 0.673. The number of anilines is 2. The van der Waals surface area contributed by atoms with Crippen molar-refractivity contribution >= 4 is 17.3 Å². The molecule has 7 heteroatoms. The Balaban J connectivity index is 1.71. The summed E-state index contributed by atoms with van der Waals surface area (Å²) in [4.78, 5) is 18.4. The molecular formula is C21H18F3N3O. The highest BCUT2D eigenvalue weighted by Crippen LogP contribution is 2.34. The molecule has 4 nitrogen and oxygen atoms in total. The lowest BCUT2D eigenvalue weighted by atomic mass is 10.1. The average molecular weight is 385 g/mol. The van der Waals surface area contributed by atoms with Crippen molar-refractivity contribution in [3.05, 3.63) is 89.7 Å². The van der Waals surface area contributed by atoms with Crippen LogP contribution in [-0.4, -0.2) is 17.9 Å². The molecule has 0 unspecified atom stereocenters. The van der Waals surface area contributed by atoms with Gasteiger partial charge >= 0.3 is 6.18 Å². The number of carbonyl (C=O) groups excluding carboxylic acids is 1. The molecule has 1 heterocycles. The molecule has 1 aromatic heterocycles. The van der Waals surface area contributed by atoms with Crippen LogP contribution in [0.2, 0.25) is 0 Å². The minimum atomic E-state index is -4.55. The number of amides is 1. The van der Waals surface area contributed by atoms with E-state index >= 15 is 0 Å². The second kappa shape index (κ2) is 8.12. The first-order valence-electron chi connectivity index (χ1n) is 8.53. The Labute approximate surface area is 160 Å². The molecule has 0 aliphatic heterocycles. The molecule has 28 heavy (non-hydrogen) atoms. The van der Waals surface area contributed by atoms with Crippen molar-refractivity contribution in [1.29, 1.82) is 0 Å². The van der Waals surface area contributed by atoms with Crippen molar-refractivity contribution in [3.8, 4) is 0 Å². The van der Waals surface area contributed by atoms with E-state index in [1.807, 2.05) is 42.3 Å². The topological polar surface area (TPSA) is 45.2 Å². The van der Waals surface area contributed by atoms with Crippen molar-refractivity contribution in [2.24, 2.45) is 0 Å². The Hall–Kier alpha value is -3.35. The van der Waals surface area contributed by atoms with E-state index in [1.54, 1.807) is 6.07 Å². The number of nitrogens with one attached hydrogen (secondary N) is 1. The number of nitrogens with zero attached hydrogens (tertiary/aromatic N) is 2. The van der Waals surface area contributed by atoms with Gasteiger partial charge in [0, 0.05) is 13.6 Å². The van der Waals surface area contributed by atoms with Gasteiger partial charge in [-0.25, -0.2) is 4.98 Å². The summed E-state index contributed by atoms with van der Waals surface area (Å²) in [5.41, 5.74) is 0.746. The molecular weight excluding hydrogens is 367 g/mol. The van der Waals surface area contributed by atoms with Crippen molar-refractivity contribution in [3.63, 3.8) is 0 Å². The number of pyridine rings is 1. The normalized spacial score (nSPS) is 11.1. The lowest BCUT2D eigenvalue weighted by Crippen LogP contribution is -2.19. The highest BCUT2D eigenvalue weighted by atomic mass is 19.4. The minimum absolute atomic E-state index is 0.0360. The number of hydrogen-bond donors (Lipinski definition) is 1. The standard InChI is InChI=1S/C21H18F3N3O/c1-27(14-15-7-3-2-4-8-15)16-11-12-19(25-13-16)20(28)26-18-10-6-5-9-17(18)21(22,23)24/h2-13H,14H2,1H3,(H,26,28). The zero-order valence-corrected chi connectivity index (χ0v) is 15.1. The van der Waals surface area contributed by atoms with Gasteiger partial charge in [0.1, 0.15) is 5.69 Å². The third-order valence-corrected chi connectivity index (χ3v) is 4.16. The van der Waals surface area contributed by atoms with Crippen LogP contribution in [-0.2, 0) is 12.7 Å². The van der Waals surface area contributed by atoms with Crippen LogP contribution in [0, 0.1) is 0 Å². The van der Waals surface area contributed by atoms with Crippen LogP contribution in [0.3, 0.4) is 0 Å². The molecule has 0 fully saturated rings. The second-order valence-electron chi connectivity index (χ2n) is 6.24. The predicted molar refractivity (Wildman–Crippen MR) is 102 cm³/mol. The van der Waals surface area contributed by atoms with Gasteiger partial charge in [-0.1, -0.05) is 42.5 Å². The maximum absolute atomic E-state index is 13.0. The van der Waals surface area contributed by atoms with E-state index in [1.165, 1.54) is 30.5 Å². The third kappa shape index (κ3) is 4.68. The first-order valence-corrected chi connectivity index (χ1v) is 8.53. The van der Waals surface area contributed by atoms with Gasteiger partial charge in [-0.2, -0.15) is 13.2 Å². The molecule has 2 aromatic carbocycles. The Morgan fingerprint density at radius 3 is 2.32 bits per heavy atom. The van der Waals surface area contributed by atoms with Crippen molar-refractivity contribution < 1.29 is 18.0 Å². The molecule has 1 N–H and O–H groups in total. The number of carbonyl (C=O) groups is 1. The molecule has 144 valence electrons. The lowest BCUT2D eigenvalue weighted by Gasteiger charge is -2.19. The summed E-state index contributed by atoms with van der Waals surface area (Å²) in [6, 6.07) is 17.9. The molecule has 1 amide bonds. The zero-order valence-electron chi connectivity index (χ0n) is 15.1. The summed E-state index contributed by atoms with van der Waals surface area (Å²) >= 11 is 0. The number of alkyl halides is 3. The number of benzene rings is 2.